The van der Waals surface area contributed by atoms with Gasteiger partial charge in [0, 0.05) is 19.2 Å². The van der Waals surface area contributed by atoms with Crippen LogP contribution < -0.4 is 10.2 Å². The van der Waals surface area contributed by atoms with Crippen LogP contribution in [-0.2, 0) is 4.74 Å². The molecule has 4 rings (SSSR count). The van der Waals surface area contributed by atoms with E-state index >= 15 is 0 Å². The third-order valence-electron chi connectivity index (χ3n) is 4.58. The fraction of sp³-hybridized carbons (Fsp3) is 0.529. The lowest BCUT2D eigenvalue weighted by molar-refractivity contribution is 0.0875. The molecule has 0 saturated carbocycles. The van der Waals surface area contributed by atoms with Gasteiger partial charge in [0.25, 0.3) is 0 Å². The first-order valence-electron chi connectivity index (χ1n) is 8.36. The number of ether oxygens (including phenoxy) is 1. The van der Waals surface area contributed by atoms with Crippen molar-refractivity contribution >= 4 is 11.6 Å². The van der Waals surface area contributed by atoms with Crippen molar-refractivity contribution in [3.05, 3.63) is 36.5 Å². The Hall–Kier alpha value is -2.08. The first-order valence-corrected chi connectivity index (χ1v) is 8.36. The molecule has 2 fully saturated rings. The van der Waals surface area contributed by atoms with E-state index in [0.717, 1.165) is 62.8 Å². The highest BCUT2D eigenvalue weighted by Gasteiger charge is 2.29. The van der Waals surface area contributed by atoms with Gasteiger partial charge in [-0.1, -0.05) is 0 Å². The number of hydrogen-bond acceptors (Lipinski definition) is 6. The van der Waals surface area contributed by atoms with Gasteiger partial charge in [-0.25, -0.2) is 9.97 Å². The molecule has 1 N–H and O–H groups in total. The van der Waals surface area contributed by atoms with Crippen molar-refractivity contribution in [2.45, 2.75) is 37.8 Å². The third-order valence-corrected chi connectivity index (χ3v) is 4.58. The van der Waals surface area contributed by atoms with Gasteiger partial charge in [0.2, 0.25) is 0 Å². The highest BCUT2D eigenvalue weighted by atomic mass is 16.5. The molecule has 4 heterocycles. The summed E-state index contributed by atoms with van der Waals surface area (Å²) in [5.41, 5.74) is 0. The SMILES string of the molecule is c1coc([C@H]2CCCN2c2cc(N[C@@H]3CCCOC3)ncn2)c1. The van der Waals surface area contributed by atoms with E-state index in [1.165, 1.54) is 0 Å². The molecule has 0 amide bonds. The van der Waals surface area contributed by atoms with E-state index in [1.807, 2.05) is 18.2 Å². The number of rotatable bonds is 4. The van der Waals surface area contributed by atoms with Gasteiger partial charge in [-0.2, -0.15) is 0 Å². The number of aromatic nitrogens is 2. The van der Waals surface area contributed by atoms with Crippen molar-refractivity contribution in [3.63, 3.8) is 0 Å². The molecule has 2 aliphatic heterocycles. The molecule has 0 radical (unpaired) electrons. The molecule has 0 aliphatic carbocycles. The van der Waals surface area contributed by atoms with Crippen LogP contribution in [0.5, 0.6) is 0 Å². The zero-order valence-corrected chi connectivity index (χ0v) is 13.1. The highest BCUT2D eigenvalue weighted by Crippen LogP contribution is 2.35. The lowest BCUT2D eigenvalue weighted by Gasteiger charge is -2.26. The van der Waals surface area contributed by atoms with Crippen LogP contribution in [0.4, 0.5) is 11.6 Å². The molecule has 0 aromatic carbocycles. The number of furan rings is 1. The Bertz CT molecular complexity index is 625. The first-order chi connectivity index (χ1) is 11.4. The Morgan fingerprint density at radius 3 is 3.04 bits per heavy atom. The van der Waals surface area contributed by atoms with Gasteiger partial charge in [-0.15, -0.1) is 0 Å². The van der Waals surface area contributed by atoms with Crippen molar-refractivity contribution in [3.8, 4) is 0 Å². The molecule has 6 nitrogen and oxygen atoms in total. The number of anilines is 2. The standard InChI is InChI=1S/C17H22N4O2/c1-5-14(15-6-3-9-23-15)21(7-1)17-10-16(18-12-19-17)20-13-4-2-8-22-11-13/h3,6,9-10,12-14H,1-2,4-5,7-8,11H2,(H,18,19,20)/t13-,14-/m1/s1. The van der Waals surface area contributed by atoms with Crippen LogP contribution in [0.1, 0.15) is 37.5 Å². The summed E-state index contributed by atoms with van der Waals surface area (Å²) in [5.74, 6) is 2.84. The molecule has 2 atom stereocenters. The largest absolute Gasteiger partial charge is 0.467 e. The molecule has 0 unspecified atom stereocenters. The molecule has 0 spiro atoms. The molecular weight excluding hydrogens is 292 g/mol. The topological polar surface area (TPSA) is 63.4 Å². The first kappa shape index (κ1) is 14.5. The van der Waals surface area contributed by atoms with Gasteiger partial charge in [0.15, 0.2) is 0 Å². The normalized spacial score (nSPS) is 24.8. The van der Waals surface area contributed by atoms with Gasteiger partial charge < -0.3 is 19.4 Å². The summed E-state index contributed by atoms with van der Waals surface area (Å²) in [6, 6.07) is 6.64. The van der Waals surface area contributed by atoms with E-state index in [1.54, 1.807) is 12.6 Å². The predicted molar refractivity (Wildman–Crippen MR) is 87.5 cm³/mol. The molecule has 2 saturated heterocycles. The second-order valence-electron chi connectivity index (χ2n) is 6.19. The minimum absolute atomic E-state index is 0.269. The van der Waals surface area contributed by atoms with Gasteiger partial charge >= 0.3 is 0 Å². The average molecular weight is 314 g/mol. The van der Waals surface area contributed by atoms with Crippen molar-refractivity contribution in [2.75, 3.05) is 30.0 Å². The maximum absolute atomic E-state index is 5.60. The van der Waals surface area contributed by atoms with E-state index in [0.29, 0.717) is 6.04 Å². The van der Waals surface area contributed by atoms with E-state index < -0.39 is 0 Å². The van der Waals surface area contributed by atoms with Crippen molar-refractivity contribution in [1.82, 2.24) is 9.97 Å². The number of nitrogens with zero attached hydrogens (tertiary/aromatic N) is 3. The van der Waals surface area contributed by atoms with Crippen LogP contribution in [0.3, 0.4) is 0 Å². The third kappa shape index (κ3) is 3.17. The van der Waals surface area contributed by atoms with E-state index in [-0.39, 0.29) is 6.04 Å². The van der Waals surface area contributed by atoms with E-state index in [9.17, 15) is 0 Å². The Labute approximate surface area is 135 Å². The quantitative estimate of drug-likeness (QED) is 0.936. The fourth-order valence-electron chi connectivity index (χ4n) is 3.46. The summed E-state index contributed by atoms with van der Waals surface area (Å²) >= 11 is 0. The van der Waals surface area contributed by atoms with Gasteiger partial charge in [-0.05, 0) is 37.8 Å². The lowest BCUT2D eigenvalue weighted by atomic mass is 10.1. The van der Waals surface area contributed by atoms with Crippen molar-refractivity contribution in [1.29, 1.82) is 0 Å². The van der Waals surface area contributed by atoms with E-state index in [2.05, 4.69) is 20.2 Å². The van der Waals surface area contributed by atoms with Crippen molar-refractivity contribution < 1.29 is 9.15 Å². The van der Waals surface area contributed by atoms with E-state index in [4.69, 9.17) is 9.15 Å². The minimum Gasteiger partial charge on any atom is -0.467 e. The summed E-state index contributed by atoms with van der Waals surface area (Å²) in [5, 5.41) is 3.47. The molecule has 6 heteroatoms. The second-order valence-corrected chi connectivity index (χ2v) is 6.19. The van der Waals surface area contributed by atoms with Crippen LogP contribution in [0, 0.1) is 0 Å². The van der Waals surface area contributed by atoms with Crippen LogP contribution in [0.2, 0.25) is 0 Å². The molecule has 2 aromatic rings. The Balaban J connectivity index is 1.51. The summed E-state index contributed by atoms with van der Waals surface area (Å²) < 4.78 is 11.1. The zero-order valence-electron chi connectivity index (χ0n) is 13.1. The predicted octanol–water partition coefficient (Wildman–Crippen LogP) is 3.00. The van der Waals surface area contributed by atoms with Gasteiger partial charge in [0.1, 0.15) is 23.7 Å². The Morgan fingerprint density at radius 2 is 2.22 bits per heavy atom. The molecule has 23 heavy (non-hydrogen) atoms. The molecule has 0 bridgehead atoms. The summed E-state index contributed by atoms with van der Waals surface area (Å²) in [7, 11) is 0. The second kappa shape index (κ2) is 6.58. The summed E-state index contributed by atoms with van der Waals surface area (Å²) in [6.45, 7) is 2.61. The van der Waals surface area contributed by atoms with Crippen LogP contribution in [0.25, 0.3) is 0 Å². The van der Waals surface area contributed by atoms with Crippen LogP contribution >= 0.6 is 0 Å². The summed E-state index contributed by atoms with van der Waals surface area (Å²) in [4.78, 5) is 11.1. The molecule has 122 valence electrons. The summed E-state index contributed by atoms with van der Waals surface area (Å²) in [6.07, 6.45) is 7.84. The lowest BCUT2D eigenvalue weighted by Crippen LogP contribution is -2.30. The van der Waals surface area contributed by atoms with Crippen LogP contribution in [-0.4, -0.2) is 35.8 Å². The number of nitrogens with one attached hydrogen (secondary N) is 1. The average Bonchev–Trinajstić information content (AvgIpc) is 3.27. The molecular formula is C17H22N4O2. The van der Waals surface area contributed by atoms with Gasteiger partial charge in [0.05, 0.1) is 25.0 Å². The maximum atomic E-state index is 5.60. The fourth-order valence-corrected chi connectivity index (χ4v) is 3.46. The smallest absolute Gasteiger partial charge is 0.134 e. The zero-order chi connectivity index (χ0) is 15.5. The van der Waals surface area contributed by atoms with Crippen molar-refractivity contribution in [2.24, 2.45) is 0 Å². The number of hydrogen-bond donors (Lipinski definition) is 1. The monoisotopic (exact) mass is 314 g/mol. The van der Waals surface area contributed by atoms with Crippen LogP contribution in [0.15, 0.2) is 35.2 Å². The Morgan fingerprint density at radius 1 is 1.22 bits per heavy atom. The molecule has 2 aliphatic rings. The molecule has 2 aromatic heterocycles. The Kier molecular flexibility index (Phi) is 4.15. The minimum atomic E-state index is 0.269. The van der Waals surface area contributed by atoms with Gasteiger partial charge in [-0.3, -0.25) is 0 Å². The maximum Gasteiger partial charge on any atom is 0.134 e. The highest BCUT2D eigenvalue weighted by molar-refractivity contribution is 5.51.